The first-order valence-corrected chi connectivity index (χ1v) is 6.38. The van der Waals surface area contributed by atoms with Crippen LogP contribution in [-0.2, 0) is 4.74 Å². The summed E-state index contributed by atoms with van der Waals surface area (Å²) in [7, 11) is 1.77. The quantitative estimate of drug-likeness (QED) is 0.900. The number of anilines is 1. The molecular formula is C14H17N3O. The summed E-state index contributed by atoms with van der Waals surface area (Å²) in [4.78, 5) is 8.99. The van der Waals surface area contributed by atoms with Crippen molar-refractivity contribution in [2.75, 3.05) is 12.4 Å². The van der Waals surface area contributed by atoms with Gasteiger partial charge in [0.1, 0.15) is 5.82 Å². The molecular weight excluding hydrogens is 226 g/mol. The third-order valence-electron chi connectivity index (χ3n) is 3.54. The van der Waals surface area contributed by atoms with Crippen LogP contribution in [-0.4, -0.2) is 29.2 Å². The van der Waals surface area contributed by atoms with Gasteiger partial charge >= 0.3 is 0 Å². The summed E-state index contributed by atoms with van der Waals surface area (Å²) in [5, 5.41) is 3.44. The Morgan fingerprint density at radius 2 is 2.06 bits per heavy atom. The highest BCUT2D eigenvalue weighted by Crippen LogP contribution is 2.24. The van der Waals surface area contributed by atoms with E-state index in [1.807, 2.05) is 24.3 Å². The molecule has 1 aliphatic carbocycles. The molecule has 1 aromatic carbocycles. The van der Waals surface area contributed by atoms with E-state index in [1.54, 1.807) is 13.3 Å². The Bertz CT molecular complexity index is 543. The fourth-order valence-electron chi connectivity index (χ4n) is 2.59. The molecule has 0 amide bonds. The number of fused-ring (bicyclic) bond motifs is 1. The van der Waals surface area contributed by atoms with Crippen molar-refractivity contribution in [2.24, 2.45) is 0 Å². The zero-order chi connectivity index (χ0) is 12.4. The summed E-state index contributed by atoms with van der Waals surface area (Å²) in [6, 6.07) is 8.26. The van der Waals surface area contributed by atoms with E-state index in [9.17, 15) is 0 Å². The Morgan fingerprint density at radius 1 is 1.22 bits per heavy atom. The normalized spacial score (nSPS) is 23.4. The zero-order valence-electron chi connectivity index (χ0n) is 10.5. The van der Waals surface area contributed by atoms with E-state index in [-0.39, 0.29) is 0 Å². The molecule has 1 saturated carbocycles. The van der Waals surface area contributed by atoms with Crippen molar-refractivity contribution in [1.29, 1.82) is 0 Å². The largest absolute Gasteiger partial charge is 0.379 e. The van der Waals surface area contributed by atoms with Gasteiger partial charge in [0, 0.05) is 7.11 Å². The molecule has 0 spiro atoms. The molecule has 1 heterocycles. The lowest BCUT2D eigenvalue weighted by molar-refractivity contribution is 0.101. The number of rotatable bonds is 3. The summed E-state index contributed by atoms with van der Waals surface area (Å²) in [6.45, 7) is 0. The smallest absolute Gasteiger partial charge is 0.145 e. The SMILES string of the molecule is COC1CCCC1Nc1cnc2ccccc2n1. The number of nitrogens with zero attached hydrogens (tertiary/aromatic N) is 2. The lowest BCUT2D eigenvalue weighted by Gasteiger charge is -2.20. The minimum Gasteiger partial charge on any atom is -0.379 e. The molecule has 18 heavy (non-hydrogen) atoms. The number of hydrogen-bond donors (Lipinski definition) is 1. The highest BCUT2D eigenvalue weighted by Gasteiger charge is 2.27. The highest BCUT2D eigenvalue weighted by atomic mass is 16.5. The van der Waals surface area contributed by atoms with Gasteiger partial charge in [0.15, 0.2) is 0 Å². The maximum Gasteiger partial charge on any atom is 0.145 e. The Morgan fingerprint density at radius 3 is 2.89 bits per heavy atom. The fourth-order valence-corrected chi connectivity index (χ4v) is 2.59. The monoisotopic (exact) mass is 243 g/mol. The minimum absolute atomic E-state index is 0.290. The number of nitrogens with one attached hydrogen (secondary N) is 1. The third-order valence-corrected chi connectivity index (χ3v) is 3.54. The Labute approximate surface area is 106 Å². The van der Waals surface area contributed by atoms with Crippen molar-refractivity contribution < 1.29 is 4.74 Å². The van der Waals surface area contributed by atoms with Crippen molar-refractivity contribution in [3.63, 3.8) is 0 Å². The van der Waals surface area contributed by atoms with Crippen LogP contribution in [0.25, 0.3) is 11.0 Å². The molecule has 3 rings (SSSR count). The van der Waals surface area contributed by atoms with Crippen molar-refractivity contribution in [3.05, 3.63) is 30.5 Å². The highest BCUT2D eigenvalue weighted by molar-refractivity contribution is 5.75. The van der Waals surface area contributed by atoms with E-state index in [1.165, 1.54) is 6.42 Å². The van der Waals surface area contributed by atoms with Crippen molar-refractivity contribution in [1.82, 2.24) is 9.97 Å². The molecule has 4 heteroatoms. The summed E-state index contributed by atoms with van der Waals surface area (Å²) < 4.78 is 5.47. The lowest BCUT2D eigenvalue weighted by Crippen LogP contribution is -2.30. The molecule has 2 atom stereocenters. The summed E-state index contributed by atoms with van der Waals surface area (Å²) in [6.07, 6.45) is 5.55. The fraction of sp³-hybridized carbons (Fsp3) is 0.429. The number of hydrogen-bond acceptors (Lipinski definition) is 4. The van der Waals surface area contributed by atoms with Gasteiger partial charge in [-0.1, -0.05) is 12.1 Å². The molecule has 2 aromatic rings. The molecule has 2 unspecified atom stereocenters. The first-order valence-electron chi connectivity index (χ1n) is 6.38. The van der Waals surface area contributed by atoms with E-state index in [0.29, 0.717) is 12.1 Å². The third kappa shape index (κ3) is 2.16. The molecule has 4 nitrogen and oxygen atoms in total. The number of aromatic nitrogens is 2. The lowest BCUT2D eigenvalue weighted by atomic mass is 10.2. The van der Waals surface area contributed by atoms with Crippen molar-refractivity contribution >= 4 is 16.9 Å². The number of benzene rings is 1. The van der Waals surface area contributed by atoms with E-state index in [0.717, 1.165) is 29.7 Å². The second-order valence-electron chi connectivity index (χ2n) is 4.70. The second-order valence-corrected chi connectivity index (χ2v) is 4.70. The van der Waals surface area contributed by atoms with Gasteiger partial charge in [0.05, 0.1) is 29.4 Å². The van der Waals surface area contributed by atoms with Crippen LogP contribution < -0.4 is 5.32 Å². The van der Waals surface area contributed by atoms with Crippen LogP contribution in [0.3, 0.4) is 0 Å². The maximum atomic E-state index is 5.47. The van der Waals surface area contributed by atoms with Crippen LogP contribution in [0, 0.1) is 0 Å². The number of ether oxygens (including phenoxy) is 1. The Hall–Kier alpha value is -1.68. The van der Waals surface area contributed by atoms with Crippen LogP contribution in [0.15, 0.2) is 30.5 Å². The predicted octanol–water partition coefficient (Wildman–Crippen LogP) is 2.61. The zero-order valence-corrected chi connectivity index (χ0v) is 10.5. The van der Waals surface area contributed by atoms with Gasteiger partial charge in [-0.3, -0.25) is 4.98 Å². The average Bonchev–Trinajstić information content (AvgIpc) is 2.86. The van der Waals surface area contributed by atoms with Crippen LogP contribution >= 0.6 is 0 Å². The molecule has 94 valence electrons. The van der Waals surface area contributed by atoms with Gasteiger partial charge in [0.2, 0.25) is 0 Å². The van der Waals surface area contributed by atoms with Crippen molar-refractivity contribution in [2.45, 2.75) is 31.4 Å². The van der Waals surface area contributed by atoms with Crippen LogP contribution in [0.1, 0.15) is 19.3 Å². The van der Waals surface area contributed by atoms with Gasteiger partial charge in [-0.15, -0.1) is 0 Å². The van der Waals surface area contributed by atoms with E-state index in [2.05, 4.69) is 15.3 Å². The van der Waals surface area contributed by atoms with Crippen LogP contribution in [0.2, 0.25) is 0 Å². The Kier molecular flexibility index (Phi) is 3.11. The van der Waals surface area contributed by atoms with Crippen molar-refractivity contribution in [3.8, 4) is 0 Å². The molecule has 1 aromatic heterocycles. The van der Waals surface area contributed by atoms with Crippen LogP contribution in [0.5, 0.6) is 0 Å². The topological polar surface area (TPSA) is 47.0 Å². The average molecular weight is 243 g/mol. The minimum atomic E-state index is 0.290. The number of methoxy groups -OCH3 is 1. The molecule has 1 aliphatic rings. The van der Waals surface area contributed by atoms with Gasteiger partial charge in [-0.25, -0.2) is 4.98 Å². The van der Waals surface area contributed by atoms with Gasteiger partial charge in [-0.05, 0) is 31.4 Å². The van der Waals surface area contributed by atoms with Crippen LogP contribution in [0.4, 0.5) is 5.82 Å². The first-order chi connectivity index (χ1) is 8.86. The Balaban J connectivity index is 1.82. The van der Waals surface area contributed by atoms with E-state index in [4.69, 9.17) is 4.74 Å². The van der Waals surface area contributed by atoms with E-state index >= 15 is 0 Å². The molecule has 0 aliphatic heterocycles. The molecule has 0 saturated heterocycles. The summed E-state index contributed by atoms with van der Waals surface area (Å²) in [5.74, 6) is 0.836. The van der Waals surface area contributed by atoms with Gasteiger partial charge < -0.3 is 10.1 Å². The van der Waals surface area contributed by atoms with E-state index < -0.39 is 0 Å². The van der Waals surface area contributed by atoms with Gasteiger partial charge in [-0.2, -0.15) is 0 Å². The standard InChI is InChI=1S/C14H17N3O/c1-18-13-8-4-7-12(13)17-14-9-15-10-5-2-3-6-11(10)16-14/h2-3,5-6,9,12-13H,4,7-8H2,1H3,(H,16,17). The molecule has 1 fully saturated rings. The summed E-state index contributed by atoms with van der Waals surface area (Å²) in [5.41, 5.74) is 1.85. The maximum absolute atomic E-state index is 5.47. The van der Waals surface area contributed by atoms with Gasteiger partial charge in [0.25, 0.3) is 0 Å². The predicted molar refractivity (Wildman–Crippen MR) is 71.6 cm³/mol. The number of para-hydroxylation sites is 2. The summed E-state index contributed by atoms with van der Waals surface area (Å²) >= 11 is 0. The molecule has 0 bridgehead atoms. The second kappa shape index (κ2) is 4.90. The molecule has 1 N–H and O–H groups in total. The molecule has 0 radical (unpaired) electrons. The first kappa shape index (κ1) is 11.4.